The Morgan fingerprint density at radius 1 is 1.20 bits per heavy atom. The van der Waals surface area contributed by atoms with Crippen molar-refractivity contribution < 1.29 is 9.13 Å². The molecule has 106 valence electrons. The van der Waals surface area contributed by atoms with Crippen LogP contribution in [0.1, 0.15) is 11.1 Å². The van der Waals surface area contributed by atoms with Crippen LogP contribution in [-0.2, 0) is 6.54 Å². The van der Waals surface area contributed by atoms with Crippen LogP contribution in [0.15, 0.2) is 42.5 Å². The minimum Gasteiger partial charge on any atom is -0.492 e. The molecule has 0 atom stereocenters. The third-order valence-electron chi connectivity index (χ3n) is 2.87. The Kier molecular flexibility index (Phi) is 5.39. The van der Waals surface area contributed by atoms with Crippen LogP contribution in [0.4, 0.5) is 4.39 Å². The smallest absolute Gasteiger partial charge is 0.129 e. The molecule has 0 aliphatic heterocycles. The molecule has 0 saturated heterocycles. The van der Waals surface area contributed by atoms with E-state index in [4.69, 9.17) is 16.3 Å². The third-order valence-corrected chi connectivity index (χ3v) is 3.10. The summed E-state index contributed by atoms with van der Waals surface area (Å²) in [6.07, 6.45) is 0. The van der Waals surface area contributed by atoms with E-state index in [9.17, 15) is 4.39 Å². The lowest BCUT2D eigenvalue weighted by molar-refractivity contribution is 0.313. The van der Waals surface area contributed by atoms with Gasteiger partial charge in [0.05, 0.1) is 0 Å². The first-order valence-electron chi connectivity index (χ1n) is 6.49. The summed E-state index contributed by atoms with van der Waals surface area (Å²) in [6.45, 7) is 3.67. The summed E-state index contributed by atoms with van der Waals surface area (Å²) in [5.74, 6) is 0.564. The molecule has 0 aliphatic carbocycles. The van der Waals surface area contributed by atoms with Crippen molar-refractivity contribution in [1.82, 2.24) is 5.32 Å². The Bertz CT molecular complexity index is 574. The van der Waals surface area contributed by atoms with E-state index in [0.29, 0.717) is 30.3 Å². The number of rotatable bonds is 6. The van der Waals surface area contributed by atoms with Gasteiger partial charge in [0.2, 0.25) is 0 Å². The SMILES string of the molecule is Cc1cccc(OCCNCc2ccc(Cl)cc2F)c1. The number of halogens is 2. The Morgan fingerprint density at radius 2 is 2.05 bits per heavy atom. The fourth-order valence-corrected chi connectivity index (χ4v) is 1.99. The van der Waals surface area contributed by atoms with Crippen molar-refractivity contribution in [2.45, 2.75) is 13.5 Å². The Hall–Kier alpha value is -1.58. The van der Waals surface area contributed by atoms with E-state index in [2.05, 4.69) is 5.32 Å². The largest absolute Gasteiger partial charge is 0.492 e. The van der Waals surface area contributed by atoms with Crippen molar-refractivity contribution in [2.75, 3.05) is 13.2 Å². The Labute approximate surface area is 123 Å². The standard InChI is InChI=1S/C16H17ClFNO/c1-12-3-2-4-15(9-12)20-8-7-19-11-13-5-6-14(17)10-16(13)18/h2-6,9-10,19H,7-8,11H2,1H3. The lowest BCUT2D eigenvalue weighted by Crippen LogP contribution is -2.21. The van der Waals surface area contributed by atoms with E-state index in [1.807, 2.05) is 31.2 Å². The second-order valence-corrected chi connectivity index (χ2v) is 5.01. The maximum atomic E-state index is 13.5. The molecule has 0 aliphatic rings. The highest BCUT2D eigenvalue weighted by Crippen LogP contribution is 2.14. The number of aryl methyl sites for hydroxylation is 1. The van der Waals surface area contributed by atoms with Crippen LogP contribution in [0.5, 0.6) is 5.75 Å². The van der Waals surface area contributed by atoms with Gasteiger partial charge in [0.25, 0.3) is 0 Å². The van der Waals surface area contributed by atoms with Crippen LogP contribution in [0.3, 0.4) is 0 Å². The second-order valence-electron chi connectivity index (χ2n) is 4.58. The summed E-state index contributed by atoms with van der Waals surface area (Å²) < 4.78 is 19.1. The lowest BCUT2D eigenvalue weighted by Gasteiger charge is -2.09. The maximum Gasteiger partial charge on any atom is 0.129 e. The minimum absolute atomic E-state index is 0.287. The summed E-state index contributed by atoms with van der Waals surface area (Å²) in [5.41, 5.74) is 1.77. The molecule has 0 aromatic heterocycles. The first-order chi connectivity index (χ1) is 9.65. The van der Waals surface area contributed by atoms with Crippen LogP contribution >= 0.6 is 11.6 Å². The summed E-state index contributed by atoms with van der Waals surface area (Å²) in [7, 11) is 0. The van der Waals surface area contributed by atoms with E-state index in [1.54, 1.807) is 12.1 Å². The van der Waals surface area contributed by atoms with Gasteiger partial charge in [0.1, 0.15) is 18.2 Å². The highest BCUT2D eigenvalue weighted by Gasteiger charge is 2.02. The quantitative estimate of drug-likeness (QED) is 0.814. The van der Waals surface area contributed by atoms with Gasteiger partial charge in [-0.3, -0.25) is 0 Å². The molecule has 0 radical (unpaired) electrons. The van der Waals surface area contributed by atoms with Crippen LogP contribution in [0.25, 0.3) is 0 Å². The van der Waals surface area contributed by atoms with Crippen molar-refractivity contribution in [3.8, 4) is 5.75 Å². The van der Waals surface area contributed by atoms with Crippen LogP contribution in [-0.4, -0.2) is 13.2 Å². The normalized spacial score (nSPS) is 10.6. The zero-order valence-electron chi connectivity index (χ0n) is 11.3. The fraction of sp³-hybridized carbons (Fsp3) is 0.250. The van der Waals surface area contributed by atoms with Gasteiger partial charge < -0.3 is 10.1 Å². The van der Waals surface area contributed by atoms with Gasteiger partial charge in [-0.15, -0.1) is 0 Å². The molecule has 0 heterocycles. The zero-order chi connectivity index (χ0) is 14.4. The predicted molar refractivity (Wildman–Crippen MR) is 79.8 cm³/mol. The topological polar surface area (TPSA) is 21.3 Å². The van der Waals surface area contributed by atoms with Crippen LogP contribution < -0.4 is 10.1 Å². The number of hydrogen-bond donors (Lipinski definition) is 1. The molecule has 0 unspecified atom stereocenters. The maximum absolute atomic E-state index is 13.5. The van der Waals surface area contributed by atoms with Gasteiger partial charge >= 0.3 is 0 Å². The molecular weight excluding hydrogens is 277 g/mol. The molecule has 2 aromatic carbocycles. The minimum atomic E-state index is -0.287. The van der Waals surface area contributed by atoms with Crippen molar-refractivity contribution in [3.63, 3.8) is 0 Å². The number of hydrogen-bond acceptors (Lipinski definition) is 2. The first-order valence-corrected chi connectivity index (χ1v) is 6.87. The Balaban J connectivity index is 1.71. The average Bonchev–Trinajstić information content (AvgIpc) is 2.41. The Morgan fingerprint density at radius 3 is 2.80 bits per heavy atom. The summed E-state index contributed by atoms with van der Waals surface area (Å²) in [4.78, 5) is 0. The molecule has 0 bridgehead atoms. The second kappa shape index (κ2) is 7.27. The first kappa shape index (κ1) is 14.8. The molecule has 2 aromatic rings. The molecule has 1 N–H and O–H groups in total. The fourth-order valence-electron chi connectivity index (χ4n) is 1.83. The molecule has 20 heavy (non-hydrogen) atoms. The van der Waals surface area contributed by atoms with Crippen molar-refractivity contribution in [1.29, 1.82) is 0 Å². The van der Waals surface area contributed by atoms with Crippen LogP contribution in [0, 0.1) is 12.7 Å². The average molecular weight is 294 g/mol. The van der Waals surface area contributed by atoms with E-state index >= 15 is 0 Å². The third kappa shape index (κ3) is 4.51. The number of nitrogens with one attached hydrogen (secondary N) is 1. The van der Waals surface area contributed by atoms with Gasteiger partial charge in [-0.25, -0.2) is 4.39 Å². The lowest BCUT2D eigenvalue weighted by atomic mass is 10.2. The molecule has 0 fully saturated rings. The van der Waals surface area contributed by atoms with E-state index in [-0.39, 0.29) is 5.82 Å². The van der Waals surface area contributed by atoms with E-state index in [1.165, 1.54) is 11.6 Å². The van der Waals surface area contributed by atoms with E-state index in [0.717, 1.165) is 5.75 Å². The summed E-state index contributed by atoms with van der Waals surface area (Å²) >= 11 is 5.70. The zero-order valence-corrected chi connectivity index (χ0v) is 12.1. The van der Waals surface area contributed by atoms with Crippen molar-refractivity contribution in [2.24, 2.45) is 0 Å². The molecule has 2 rings (SSSR count). The molecule has 4 heteroatoms. The van der Waals surface area contributed by atoms with E-state index < -0.39 is 0 Å². The summed E-state index contributed by atoms with van der Waals surface area (Å²) in [6, 6.07) is 12.6. The molecule has 0 saturated carbocycles. The van der Waals surface area contributed by atoms with Crippen LogP contribution in [0.2, 0.25) is 5.02 Å². The van der Waals surface area contributed by atoms with Gasteiger partial charge in [-0.05, 0) is 36.8 Å². The van der Waals surface area contributed by atoms with Crippen molar-refractivity contribution in [3.05, 3.63) is 64.4 Å². The van der Waals surface area contributed by atoms with Crippen molar-refractivity contribution >= 4 is 11.6 Å². The molecule has 0 amide bonds. The molecular formula is C16H17ClFNO. The summed E-state index contributed by atoms with van der Waals surface area (Å²) in [5, 5.41) is 3.55. The molecule has 2 nitrogen and oxygen atoms in total. The monoisotopic (exact) mass is 293 g/mol. The highest BCUT2D eigenvalue weighted by atomic mass is 35.5. The highest BCUT2D eigenvalue weighted by molar-refractivity contribution is 6.30. The number of benzene rings is 2. The van der Waals surface area contributed by atoms with Gasteiger partial charge in [0, 0.05) is 23.7 Å². The van der Waals surface area contributed by atoms with Gasteiger partial charge in [-0.2, -0.15) is 0 Å². The predicted octanol–water partition coefficient (Wildman–Crippen LogP) is 3.96. The van der Waals surface area contributed by atoms with Gasteiger partial charge in [0.15, 0.2) is 0 Å². The van der Waals surface area contributed by atoms with Gasteiger partial charge in [-0.1, -0.05) is 29.8 Å². The number of ether oxygens (including phenoxy) is 1. The molecule has 0 spiro atoms.